The van der Waals surface area contributed by atoms with Crippen molar-refractivity contribution in [2.75, 3.05) is 6.54 Å². The molecule has 0 bridgehead atoms. The van der Waals surface area contributed by atoms with E-state index in [0.717, 1.165) is 0 Å². The first-order valence-electron chi connectivity index (χ1n) is 5.67. The number of nitrogens with one attached hydrogen (secondary N) is 1. The lowest BCUT2D eigenvalue weighted by Gasteiger charge is -2.20. The molecule has 0 radical (unpaired) electrons. The zero-order valence-electron chi connectivity index (χ0n) is 10.1. The summed E-state index contributed by atoms with van der Waals surface area (Å²) < 4.78 is 12.9. The maximum absolute atomic E-state index is 12.9. The summed E-state index contributed by atoms with van der Waals surface area (Å²) in [6, 6.07) is 6.42. The van der Waals surface area contributed by atoms with Crippen molar-refractivity contribution in [3.8, 4) is 0 Å². The molecular formula is C13H20FNO. The Morgan fingerprint density at radius 1 is 1.31 bits per heavy atom. The molecule has 0 heterocycles. The van der Waals surface area contributed by atoms with Crippen molar-refractivity contribution in [2.45, 2.75) is 32.9 Å². The average molecular weight is 225 g/mol. The summed E-state index contributed by atoms with van der Waals surface area (Å²) >= 11 is 0. The van der Waals surface area contributed by atoms with Gasteiger partial charge in [-0.2, -0.15) is 0 Å². The lowest BCUT2D eigenvalue weighted by Crippen LogP contribution is -2.34. The molecule has 0 fully saturated rings. The standard InChI is InChI=1S/C13H20FNO/c1-9(2)10(3)15-8-13(16)11-5-4-6-12(14)7-11/h4-7,9-10,13,15-16H,8H2,1-3H3. The fourth-order valence-corrected chi connectivity index (χ4v) is 1.36. The van der Waals surface area contributed by atoms with Crippen LogP contribution in [0.15, 0.2) is 24.3 Å². The molecule has 0 amide bonds. The van der Waals surface area contributed by atoms with Crippen LogP contribution in [0, 0.1) is 11.7 Å². The first-order chi connectivity index (χ1) is 7.50. The summed E-state index contributed by atoms with van der Waals surface area (Å²) in [4.78, 5) is 0. The van der Waals surface area contributed by atoms with Crippen LogP contribution in [0.25, 0.3) is 0 Å². The normalized spacial score (nSPS) is 15.1. The molecule has 16 heavy (non-hydrogen) atoms. The number of aliphatic hydroxyl groups is 1. The Kier molecular flexibility index (Phi) is 4.90. The van der Waals surface area contributed by atoms with Crippen molar-refractivity contribution in [1.82, 2.24) is 5.32 Å². The van der Waals surface area contributed by atoms with Gasteiger partial charge in [0.05, 0.1) is 6.10 Å². The molecule has 0 aliphatic rings. The molecule has 0 aliphatic carbocycles. The van der Waals surface area contributed by atoms with E-state index in [2.05, 4.69) is 26.1 Å². The van der Waals surface area contributed by atoms with Gasteiger partial charge in [0.1, 0.15) is 5.82 Å². The fourth-order valence-electron chi connectivity index (χ4n) is 1.36. The third-order valence-electron chi connectivity index (χ3n) is 2.87. The molecule has 2 nitrogen and oxygen atoms in total. The van der Waals surface area contributed by atoms with Crippen molar-refractivity contribution < 1.29 is 9.50 Å². The zero-order chi connectivity index (χ0) is 12.1. The third-order valence-corrected chi connectivity index (χ3v) is 2.87. The molecule has 0 saturated heterocycles. The Hall–Kier alpha value is -0.930. The second kappa shape index (κ2) is 5.97. The van der Waals surface area contributed by atoms with E-state index in [4.69, 9.17) is 0 Å². The number of aliphatic hydroxyl groups excluding tert-OH is 1. The van der Waals surface area contributed by atoms with Gasteiger partial charge in [0.2, 0.25) is 0 Å². The second-order valence-electron chi connectivity index (χ2n) is 4.51. The Morgan fingerprint density at radius 3 is 2.56 bits per heavy atom. The van der Waals surface area contributed by atoms with Crippen LogP contribution in [0.1, 0.15) is 32.4 Å². The van der Waals surface area contributed by atoms with Crippen LogP contribution < -0.4 is 5.32 Å². The quantitative estimate of drug-likeness (QED) is 0.807. The van der Waals surface area contributed by atoms with Gasteiger partial charge in [-0.15, -0.1) is 0 Å². The topological polar surface area (TPSA) is 32.3 Å². The summed E-state index contributed by atoms with van der Waals surface area (Å²) in [5, 5.41) is 13.1. The molecule has 0 saturated carbocycles. The predicted molar refractivity (Wildman–Crippen MR) is 63.7 cm³/mol. The van der Waals surface area contributed by atoms with Gasteiger partial charge in [0, 0.05) is 12.6 Å². The summed E-state index contributed by atoms with van der Waals surface area (Å²) in [5.74, 6) is 0.202. The molecule has 1 rings (SSSR count). The summed E-state index contributed by atoms with van der Waals surface area (Å²) in [7, 11) is 0. The fraction of sp³-hybridized carbons (Fsp3) is 0.538. The van der Waals surface area contributed by atoms with E-state index in [0.29, 0.717) is 24.1 Å². The Morgan fingerprint density at radius 2 is 2.00 bits per heavy atom. The molecule has 2 N–H and O–H groups in total. The van der Waals surface area contributed by atoms with Gasteiger partial charge < -0.3 is 10.4 Å². The lowest BCUT2D eigenvalue weighted by molar-refractivity contribution is 0.166. The van der Waals surface area contributed by atoms with E-state index < -0.39 is 6.10 Å². The van der Waals surface area contributed by atoms with Crippen molar-refractivity contribution in [3.63, 3.8) is 0 Å². The molecular weight excluding hydrogens is 205 g/mol. The number of rotatable bonds is 5. The third kappa shape index (κ3) is 3.91. The van der Waals surface area contributed by atoms with Crippen LogP contribution in [-0.2, 0) is 0 Å². The molecule has 2 atom stereocenters. The zero-order valence-corrected chi connectivity index (χ0v) is 10.1. The van der Waals surface area contributed by atoms with Gasteiger partial charge in [-0.05, 0) is 30.5 Å². The first-order valence-corrected chi connectivity index (χ1v) is 5.67. The van der Waals surface area contributed by atoms with Gasteiger partial charge >= 0.3 is 0 Å². The molecule has 3 heteroatoms. The van der Waals surface area contributed by atoms with Gasteiger partial charge in [-0.3, -0.25) is 0 Å². The van der Waals surface area contributed by atoms with Crippen molar-refractivity contribution in [2.24, 2.45) is 5.92 Å². The van der Waals surface area contributed by atoms with Crippen LogP contribution in [0.5, 0.6) is 0 Å². The maximum atomic E-state index is 12.9. The van der Waals surface area contributed by atoms with Gasteiger partial charge in [-0.1, -0.05) is 26.0 Å². The number of benzene rings is 1. The Balaban J connectivity index is 2.49. The molecule has 1 aromatic rings. The molecule has 0 aliphatic heterocycles. The smallest absolute Gasteiger partial charge is 0.123 e. The van der Waals surface area contributed by atoms with Crippen LogP contribution in [0.4, 0.5) is 4.39 Å². The van der Waals surface area contributed by atoms with E-state index in [1.807, 2.05) is 0 Å². The maximum Gasteiger partial charge on any atom is 0.123 e. The van der Waals surface area contributed by atoms with E-state index in [9.17, 15) is 9.50 Å². The van der Waals surface area contributed by atoms with Gasteiger partial charge in [0.15, 0.2) is 0 Å². The number of hydrogen-bond acceptors (Lipinski definition) is 2. The van der Waals surface area contributed by atoms with Crippen LogP contribution in [-0.4, -0.2) is 17.7 Å². The van der Waals surface area contributed by atoms with Crippen molar-refractivity contribution in [3.05, 3.63) is 35.6 Å². The highest BCUT2D eigenvalue weighted by Gasteiger charge is 2.11. The summed E-state index contributed by atoms with van der Waals surface area (Å²) in [6.45, 7) is 6.75. The Bertz CT molecular complexity index is 327. The van der Waals surface area contributed by atoms with E-state index in [1.54, 1.807) is 12.1 Å². The van der Waals surface area contributed by atoms with Crippen molar-refractivity contribution >= 4 is 0 Å². The van der Waals surface area contributed by atoms with Crippen LogP contribution >= 0.6 is 0 Å². The molecule has 0 aromatic heterocycles. The van der Waals surface area contributed by atoms with Crippen LogP contribution in [0.3, 0.4) is 0 Å². The minimum absolute atomic E-state index is 0.312. The highest BCUT2D eigenvalue weighted by molar-refractivity contribution is 5.18. The SMILES string of the molecule is CC(C)C(C)NCC(O)c1cccc(F)c1. The number of hydrogen-bond donors (Lipinski definition) is 2. The summed E-state index contributed by atoms with van der Waals surface area (Å²) in [5.41, 5.74) is 0.614. The van der Waals surface area contributed by atoms with Crippen molar-refractivity contribution in [1.29, 1.82) is 0 Å². The molecule has 90 valence electrons. The predicted octanol–water partition coefficient (Wildman–Crippen LogP) is 2.49. The number of halogens is 1. The highest BCUT2D eigenvalue weighted by atomic mass is 19.1. The molecule has 0 spiro atoms. The largest absolute Gasteiger partial charge is 0.387 e. The highest BCUT2D eigenvalue weighted by Crippen LogP contribution is 2.13. The van der Waals surface area contributed by atoms with Gasteiger partial charge in [-0.25, -0.2) is 4.39 Å². The monoisotopic (exact) mass is 225 g/mol. The van der Waals surface area contributed by atoms with Gasteiger partial charge in [0.25, 0.3) is 0 Å². The first kappa shape index (κ1) is 13.1. The van der Waals surface area contributed by atoms with Crippen LogP contribution in [0.2, 0.25) is 0 Å². The minimum Gasteiger partial charge on any atom is -0.387 e. The van der Waals surface area contributed by atoms with E-state index >= 15 is 0 Å². The van der Waals surface area contributed by atoms with E-state index in [1.165, 1.54) is 12.1 Å². The average Bonchev–Trinajstić information content (AvgIpc) is 2.25. The molecule has 1 aromatic carbocycles. The minimum atomic E-state index is -0.656. The summed E-state index contributed by atoms with van der Waals surface area (Å²) in [6.07, 6.45) is -0.656. The molecule has 2 unspecified atom stereocenters. The van der Waals surface area contributed by atoms with E-state index in [-0.39, 0.29) is 5.82 Å². The lowest BCUT2D eigenvalue weighted by atomic mass is 10.1. The second-order valence-corrected chi connectivity index (χ2v) is 4.51. The Labute approximate surface area is 96.5 Å².